The fourth-order valence-electron chi connectivity index (χ4n) is 2.45. The number of anilines is 2. The van der Waals surface area contributed by atoms with Gasteiger partial charge in [-0.15, -0.1) is 0 Å². The number of carbonyl (C=O) groups is 2. The van der Waals surface area contributed by atoms with Crippen LogP contribution in [0.3, 0.4) is 0 Å². The van der Waals surface area contributed by atoms with Crippen molar-refractivity contribution in [1.29, 1.82) is 5.26 Å². The predicted octanol–water partition coefficient (Wildman–Crippen LogP) is 2.96. The molecule has 0 bridgehead atoms. The van der Waals surface area contributed by atoms with E-state index in [0.717, 1.165) is 0 Å². The topological polar surface area (TPSA) is 119 Å². The number of esters is 1. The lowest BCUT2D eigenvalue weighted by Gasteiger charge is -2.14. The van der Waals surface area contributed by atoms with E-state index in [1.165, 1.54) is 46.8 Å². The summed E-state index contributed by atoms with van der Waals surface area (Å²) in [5, 5.41) is 14.8. The molecule has 1 amide bonds. The summed E-state index contributed by atoms with van der Waals surface area (Å²) in [6, 6.07) is 11.4. The predicted molar refractivity (Wildman–Crippen MR) is 110 cm³/mol. The number of amides is 1. The zero-order chi connectivity index (χ0) is 22.1. The second kappa shape index (κ2) is 10.4. The minimum Gasteiger partial charge on any atom is -0.497 e. The van der Waals surface area contributed by atoms with Gasteiger partial charge in [0.1, 0.15) is 17.4 Å². The molecule has 0 aromatic heterocycles. The fraction of sp³-hybridized carbons (Fsp3) is 0.190. The molecule has 2 aromatic rings. The minimum atomic E-state index is -0.631. The van der Waals surface area contributed by atoms with E-state index in [-0.39, 0.29) is 16.8 Å². The monoisotopic (exact) mass is 411 g/mol. The second-order valence-electron chi connectivity index (χ2n) is 5.74. The van der Waals surface area contributed by atoms with Crippen LogP contribution in [-0.4, -0.2) is 40.3 Å². The standard InChI is InChI=1S/C21H21N3O6/c1-27-15-7-5-14(6-8-15)24-20(25)13(11-22)12-23-17-10-19(29-3)18(28-2)9-16(17)21(26)30-4/h5-10,12,23H,1-4H3,(H,24,25). The highest BCUT2D eigenvalue weighted by molar-refractivity contribution is 6.07. The van der Waals surface area contributed by atoms with Gasteiger partial charge in [-0.3, -0.25) is 4.79 Å². The summed E-state index contributed by atoms with van der Waals surface area (Å²) in [5.74, 6) is 0.0465. The number of benzene rings is 2. The van der Waals surface area contributed by atoms with Gasteiger partial charge in [-0.25, -0.2) is 4.79 Å². The summed E-state index contributed by atoms with van der Waals surface area (Å²) < 4.78 is 20.3. The molecule has 0 aliphatic rings. The van der Waals surface area contributed by atoms with E-state index in [9.17, 15) is 14.9 Å². The number of methoxy groups -OCH3 is 4. The van der Waals surface area contributed by atoms with E-state index in [2.05, 4.69) is 10.6 Å². The molecule has 0 saturated carbocycles. The Hall–Kier alpha value is -4.19. The van der Waals surface area contributed by atoms with E-state index in [4.69, 9.17) is 18.9 Å². The number of hydrogen-bond donors (Lipinski definition) is 2. The zero-order valence-electron chi connectivity index (χ0n) is 16.9. The Morgan fingerprint density at radius 2 is 1.60 bits per heavy atom. The molecule has 0 aliphatic heterocycles. The van der Waals surface area contributed by atoms with Crippen LogP contribution in [-0.2, 0) is 9.53 Å². The van der Waals surface area contributed by atoms with Crippen LogP contribution in [0.1, 0.15) is 10.4 Å². The van der Waals surface area contributed by atoms with Crippen LogP contribution in [0.25, 0.3) is 0 Å². The number of nitrogens with one attached hydrogen (secondary N) is 2. The van der Waals surface area contributed by atoms with E-state index in [1.54, 1.807) is 24.3 Å². The highest BCUT2D eigenvalue weighted by atomic mass is 16.5. The molecule has 30 heavy (non-hydrogen) atoms. The maximum atomic E-state index is 12.4. The number of nitrogens with zero attached hydrogens (tertiary/aromatic N) is 1. The quantitative estimate of drug-likeness (QED) is 0.387. The first-order chi connectivity index (χ1) is 14.5. The van der Waals surface area contributed by atoms with Crippen LogP contribution in [0.15, 0.2) is 48.2 Å². The van der Waals surface area contributed by atoms with E-state index >= 15 is 0 Å². The molecule has 0 spiro atoms. The summed E-state index contributed by atoms with van der Waals surface area (Å²) in [6.07, 6.45) is 1.19. The van der Waals surface area contributed by atoms with Crippen molar-refractivity contribution >= 4 is 23.3 Å². The third-order valence-electron chi connectivity index (χ3n) is 4.01. The lowest BCUT2D eigenvalue weighted by atomic mass is 10.1. The lowest BCUT2D eigenvalue weighted by Crippen LogP contribution is -2.15. The molecule has 2 aromatic carbocycles. The SMILES string of the molecule is COC(=O)c1cc(OC)c(OC)cc1NC=C(C#N)C(=O)Nc1ccc(OC)cc1. The van der Waals surface area contributed by atoms with Gasteiger partial charge in [0.25, 0.3) is 5.91 Å². The minimum absolute atomic E-state index is 0.138. The molecule has 2 N–H and O–H groups in total. The highest BCUT2D eigenvalue weighted by Gasteiger charge is 2.18. The van der Waals surface area contributed by atoms with Gasteiger partial charge in [0, 0.05) is 24.0 Å². The number of carbonyl (C=O) groups excluding carboxylic acids is 2. The highest BCUT2D eigenvalue weighted by Crippen LogP contribution is 2.33. The summed E-state index contributed by atoms with van der Waals surface area (Å²) in [5.41, 5.74) is 0.684. The Morgan fingerprint density at radius 1 is 0.967 bits per heavy atom. The molecular formula is C21H21N3O6. The molecule has 0 aliphatic carbocycles. The van der Waals surface area contributed by atoms with Crippen molar-refractivity contribution < 1.29 is 28.5 Å². The Morgan fingerprint density at radius 3 is 2.13 bits per heavy atom. The molecular weight excluding hydrogens is 390 g/mol. The van der Waals surface area contributed by atoms with Crippen LogP contribution < -0.4 is 24.8 Å². The summed E-state index contributed by atoms with van der Waals surface area (Å²) in [4.78, 5) is 24.5. The summed E-state index contributed by atoms with van der Waals surface area (Å²) >= 11 is 0. The van der Waals surface area contributed by atoms with Gasteiger partial charge in [-0.1, -0.05) is 0 Å². The Balaban J connectivity index is 2.28. The summed E-state index contributed by atoms with van der Waals surface area (Å²) in [6.45, 7) is 0. The number of rotatable bonds is 8. The van der Waals surface area contributed by atoms with Crippen molar-refractivity contribution in [1.82, 2.24) is 0 Å². The van der Waals surface area contributed by atoms with Crippen LogP contribution in [0.5, 0.6) is 17.2 Å². The zero-order valence-corrected chi connectivity index (χ0v) is 16.9. The number of ether oxygens (including phenoxy) is 4. The molecule has 0 radical (unpaired) electrons. The van der Waals surface area contributed by atoms with E-state index in [0.29, 0.717) is 22.9 Å². The van der Waals surface area contributed by atoms with Crippen molar-refractivity contribution in [3.8, 4) is 23.3 Å². The van der Waals surface area contributed by atoms with Gasteiger partial charge in [0.2, 0.25) is 0 Å². The number of nitriles is 1. The summed E-state index contributed by atoms with van der Waals surface area (Å²) in [7, 11) is 5.65. The molecule has 156 valence electrons. The average molecular weight is 411 g/mol. The first-order valence-corrected chi connectivity index (χ1v) is 8.63. The third kappa shape index (κ3) is 5.20. The molecule has 0 heterocycles. The van der Waals surface area contributed by atoms with Crippen molar-refractivity contribution in [3.05, 3.63) is 53.7 Å². The Labute approximate surface area is 173 Å². The van der Waals surface area contributed by atoms with Crippen molar-refractivity contribution in [3.63, 3.8) is 0 Å². The van der Waals surface area contributed by atoms with Gasteiger partial charge >= 0.3 is 5.97 Å². The van der Waals surface area contributed by atoms with Crippen molar-refractivity contribution in [2.45, 2.75) is 0 Å². The largest absolute Gasteiger partial charge is 0.497 e. The molecule has 9 heteroatoms. The molecule has 9 nitrogen and oxygen atoms in total. The fourth-order valence-corrected chi connectivity index (χ4v) is 2.45. The lowest BCUT2D eigenvalue weighted by molar-refractivity contribution is -0.112. The first-order valence-electron chi connectivity index (χ1n) is 8.63. The van der Waals surface area contributed by atoms with E-state index < -0.39 is 11.9 Å². The Kier molecular flexibility index (Phi) is 7.65. The van der Waals surface area contributed by atoms with Crippen LogP contribution in [0, 0.1) is 11.3 Å². The molecule has 0 fully saturated rings. The van der Waals surface area contributed by atoms with Crippen molar-refractivity contribution in [2.24, 2.45) is 0 Å². The average Bonchev–Trinajstić information content (AvgIpc) is 2.78. The smallest absolute Gasteiger partial charge is 0.340 e. The molecule has 2 rings (SSSR count). The third-order valence-corrected chi connectivity index (χ3v) is 4.01. The number of hydrogen-bond acceptors (Lipinski definition) is 8. The maximum absolute atomic E-state index is 12.4. The molecule has 0 unspecified atom stereocenters. The van der Waals surface area contributed by atoms with Gasteiger partial charge in [-0.05, 0) is 24.3 Å². The molecule has 0 saturated heterocycles. The van der Waals surface area contributed by atoms with Crippen molar-refractivity contribution in [2.75, 3.05) is 39.1 Å². The van der Waals surface area contributed by atoms with Crippen LogP contribution >= 0.6 is 0 Å². The van der Waals surface area contributed by atoms with Gasteiger partial charge in [0.05, 0.1) is 39.7 Å². The van der Waals surface area contributed by atoms with Gasteiger partial charge < -0.3 is 29.6 Å². The molecule has 0 atom stereocenters. The van der Waals surface area contributed by atoms with Gasteiger partial charge in [-0.2, -0.15) is 5.26 Å². The second-order valence-corrected chi connectivity index (χ2v) is 5.74. The Bertz CT molecular complexity index is 993. The maximum Gasteiger partial charge on any atom is 0.340 e. The normalized spacial score (nSPS) is 10.4. The first kappa shape index (κ1) is 22.1. The van der Waals surface area contributed by atoms with Crippen LogP contribution in [0.2, 0.25) is 0 Å². The van der Waals surface area contributed by atoms with Crippen LogP contribution in [0.4, 0.5) is 11.4 Å². The van der Waals surface area contributed by atoms with E-state index in [1.807, 2.05) is 6.07 Å². The van der Waals surface area contributed by atoms with Gasteiger partial charge in [0.15, 0.2) is 11.5 Å².